The number of carboxylic acids is 1. The summed E-state index contributed by atoms with van der Waals surface area (Å²) in [6.45, 7) is 4.18. The second-order valence-corrected chi connectivity index (χ2v) is 4.78. The van der Waals surface area contributed by atoms with E-state index in [0.29, 0.717) is 11.2 Å². The zero-order chi connectivity index (χ0) is 12.3. The van der Waals surface area contributed by atoms with Crippen molar-refractivity contribution in [3.63, 3.8) is 0 Å². The number of carbonyl (C=O) groups is 1. The van der Waals surface area contributed by atoms with Gasteiger partial charge in [0.1, 0.15) is 5.76 Å². The summed E-state index contributed by atoms with van der Waals surface area (Å²) in [7, 11) is 1.89. The van der Waals surface area contributed by atoms with E-state index in [1.54, 1.807) is 6.92 Å². The first-order valence-electron chi connectivity index (χ1n) is 5.10. The number of aliphatic carboxylic acids is 1. The average molecular weight is 290 g/mol. The lowest BCUT2D eigenvalue weighted by molar-refractivity contribution is -0.141. The Kier molecular flexibility index (Phi) is 4.56. The van der Waals surface area contributed by atoms with E-state index >= 15 is 0 Å². The zero-order valence-electron chi connectivity index (χ0n) is 9.61. The average Bonchev–Trinajstić information content (AvgIpc) is 2.63. The molecule has 0 bridgehead atoms. The molecule has 1 rings (SSSR count). The van der Waals surface area contributed by atoms with Crippen molar-refractivity contribution in [3.05, 3.63) is 22.6 Å². The molecule has 0 aliphatic rings. The highest BCUT2D eigenvalue weighted by Gasteiger charge is 2.20. The van der Waals surface area contributed by atoms with Crippen molar-refractivity contribution in [2.75, 3.05) is 13.6 Å². The third-order valence-electron chi connectivity index (χ3n) is 2.65. The minimum absolute atomic E-state index is 0.0631. The molecule has 1 aromatic heterocycles. The molecule has 90 valence electrons. The summed E-state index contributed by atoms with van der Waals surface area (Å²) in [6.07, 6.45) is 0. The maximum atomic E-state index is 10.7. The number of carboxylic acid groups (broad SMARTS) is 1. The van der Waals surface area contributed by atoms with Crippen LogP contribution >= 0.6 is 15.9 Å². The van der Waals surface area contributed by atoms with Crippen LogP contribution in [-0.4, -0.2) is 29.6 Å². The van der Waals surface area contributed by atoms with Crippen LogP contribution in [0.3, 0.4) is 0 Å². The minimum Gasteiger partial charge on any atom is -0.481 e. The zero-order valence-corrected chi connectivity index (χ0v) is 11.2. The molecular formula is C11H16BrNO3. The number of hydrogen-bond donors (Lipinski definition) is 1. The number of nitrogens with zero attached hydrogens (tertiary/aromatic N) is 1. The maximum absolute atomic E-state index is 10.7. The molecular weight excluding hydrogens is 274 g/mol. The standard InChI is InChI=1S/C11H16BrNO3/c1-7(11(14)15)6-13(3)8(2)9-4-5-10(12)16-9/h4-5,7-8H,6H2,1-3H3,(H,14,15). The minimum atomic E-state index is -0.778. The number of hydrogen-bond acceptors (Lipinski definition) is 3. The SMILES string of the molecule is CC(CN(C)C(C)c1ccc(Br)o1)C(=O)O. The summed E-state index contributed by atoms with van der Waals surface area (Å²) in [5, 5.41) is 8.83. The second-order valence-electron chi connectivity index (χ2n) is 4.00. The molecule has 0 aromatic carbocycles. The molecule has 2 unspecified atom stereocenters. The Morgan fingerprint density at radius 2 is 2.19 bits per heavy atom. The van der Waals surface area contributed by atoms with Gasteiger partial charge in [0, 0.05) is 6.54 Å². The smallest absolute Gasteiger partial charge is 0.307 e. The molecule has 0 spiro atoms. The Balaban J connectivity index is 2.60. The predicted molar refractivity (Wildman–Crippen MR) is 64.3 cm³/mol. The lowest BCUT2D eigenvalue weighted by atomic mass is 10.1. The fourth-order valence-corrected chi connectivity index (χ4v) is 1.76. The lowest BCUT2D eigenvalue weighted by Gasteiger charge is -2.24. The number of furan rings is 1. The van der Waals surface area contributed by atoms with Crippen LogP contribution in [0.15, 0.2) is 21.2 Å². The largest absolute Gasteiger partial charge is 0.481 e. The van der Waals surface area contributed by atoms with E-state index in [1.807, 2.05) is 31.0 Å². The Labute approximate surface area is 103 Å². The quantitative estimate of drug-likeness (QED) is 0.906. The Morgan fingerprint density at radius 1 is 1.56 bits per heavy atom. The molecule has 0 aliphatic heterocycles. The molecule has 1 N–H and O–H groups in total. The van der Waals surface area contributed by atoms with Gasteiger partial charge in [-0.15, -0.1) is 0 Å². The number of rotatable bonds is 5. The van der Waals surface area contributed by atoms with Crippen molar-refractivity contribution >= 4 is 21.9 Å². The molecule has 5 heteroatoms. The van der Waals surface area contributed by atoms with Crippen LogP contribution in [0.25, 0.3) is 0 Å². The Morgan fingerprint density at radius 3 is 2.62 bits per heavy atom. The van der Waals surface area contributed by atoms with E-state index in [2.05, 4.69) is 15.9 Å². The van der Waals surface area contributed by atoms with Crippen LogP contribution in [0, 0.1) is 5.92 Å². The number of halogens is 1. The fourth-order valence-electron chi connectivity index (χ4n) is 1.44. The van der Waals surface area contributed by atoms with E-state index in [9.17, 15) is 4.79 Å². The highest BCUT2D eigenvalue weighted by atomic mass is 79.9. The highest BCUT2D eigenvalue weighted by molar-refractivity contribution is 9.10. The van der Waals surface area contributed by atoms with Crippen molar-refractivity contribution in [1.29, 1.82) is 0 Å². The molecule has 0 amide bonds. The van der Waals surface area contributed by atoms with E-state index < -0.39 is 5.97 Å². The summed E-state index contributed by atoms with van der Waals surface area (Å²) >= 11 is 3.24. The van der Waals surface area contributed by atoms with Crippen molar-refractivity contribution in [3.8, 4) is 0 Å². The van der Waals surface area contributed by atoms with Gasteiger partial charge in [0.05, 0.1) is 12.0 Å². The van der Waals surface area contributed by atoms with E-state index in [-0.39, 0.29) is 12.0 Å². The van der Waals surface area contributed by atoms with Crippen molar-refractivity contribution in [1.82, 2.24) is 4.90 Å². The molecule has 0 saturated heterocycles. The van der Waals surface area contributed by atoms with Crippen LogP contribution in [-0.2, 0) is 4.79 Å². The molecule has 4 nitrogen and oxygen atoms in total. The Hall–Kier alpha value is -0.810. The first kappa shape index (κ1) is 13.3. The molecule has 1 heterocycles. The van der Waals surface area contributed by atoms with Gasteiger partial charge in [0.25, 0.3) is 0 Å². The van der Waals surface area contributed by atoms with Gasteiger partial charge < -0.3 is 9.52 Å². The lowest BCUT2D eigenvalue weighted by Crippen LogP contribution is -2.30. The molecule has 0 saturated carbocycles. The van der Waals surface area contributed by atoms with Gasteiger partial charge in [0.15, 0.2) is 4.67 Å². The summed E-state index contributed by atoms with van der Waals surface area (Å²) < 4.78 is 6.12. The third-order valence-corrected chi connectivity index (χ3v) is 3.08. The topological polar surface area (TPSA) is 53.7 Å². The highest BCUT2D eigenvalue weighted by Crippen LogP contribution is 2.24. The first-order valence-corrected chi connectivity index (χ1v) is 5.89. The van der Waals surface area contributed by atoms with Gasteiger partial charge in [-0.2, -0.15) is 0 Å². The summed E-state index contributed by atoms with van der Waals surface area (Å²) in [5.74, 6) is -0.336. The van der Waals surface area contributed by atoms with Gasteiger partial charge in [-0.3, -0.25) is 9.69 Å². The summed E-state index contributed by atoms with van der Waals surface area (Å²) in [5.41, 5.74) is 0. The molecule has 0 radical (unpaired) electrons. The van der Waals surface area contributed by atoms with E-state index in [0.717, 1.165) is 5.76 Å². The van der Waals surface area contributed by atoms with Crippen LogP contribution in [0.5, 0.6) is 0 Å². The molecule has 16 heavy (non-hydrogen) atoms. The Bertz CT molecular complexity index is 364. The van der Waals surface area contributed by atoms with Crippen LogP contribution < -0.4 is 0 Å². The normalized spacial score (nSPS) is 15.1. The van der Waals surface area contributed by atoms with Gasteiger partial charge >= 0.3 is 5.97 Å². The van der Waals surface area contributed by atoms with Gasteiger partial charge in [-0.25, -0.2) is 0 Å². The van der Waals surface area contributed by atoms with E-state index in [1.165, 1.54) is 0 Å². The van der Waals surface area contributed by atoms with Crippen LogP contribution in [0.2, 0.25) is 0 Å². The fraction of sp³-hybridized carbons (Fsp3) is 0.545. The van der Waals surface area contributed by atoms with E-state index in [4.69, 9.17) is 9.52 Å². The van der Waals surface area contributed by atoms with Gasteiger partial charge in [0.2, 0.25) is 0 Å². The molecule has 0 aliphatic carbocycles. The maximum Gasteiger partial charge on any atom is 0.307 e. The molecule has 2 atom stereocenters. The van der Waals surface area contributed by atoms with Crippen LogP contribution in [0.4, 0.5) is 0 Å². The van der Waals surface area contributed by atoms with Crippen molar-refractivity contribution < 1.29 is 14.3 Å². The van der Waals surface area contributed by atoms with Crippen LogP contribution in [0.1, 0.15) is 25.6 Å². The first-order chi connectivity index (χ1) is 7.41. The van der Waals surface area contributed by atoms with Gasteiger partial charge in [-0.1, -0.05) is 6.92 Å². The summed E-state index contributed by atoms with van der Waals surface area (Å²) in [6, 6.07) is 3.78. The van der Waals surface area contributed by atoms with Crippen molar-refractivity contribution in [2.45, 2.75) is 19.9 Å². The molecule has 0 fully saturated rings. The second kappa shape index (κ2) is 5.50. The van der Waals surface area contributed by atoms with Gasteiger partial charge in [-0.05, 0) is 42.0 Å². The predicted octanol–water partition coefficient (Wildman–Crippen LogP) is 2.76. The third kappa shape index (κ3) is 3.35. The monoisotopic (exact) mass is 289 g/mol. The van der Waals surface area contributed by atoms with Crippen molar-refractivity contribution in [2.24, 2.45) is 5.92 Å². The summed E-state index contributed by atoms with van der Waals surface area (Å²) in [4.78, 5) is 12.7. The molecule has 1 aromatic rings.